The molecule has 7 rings (SSSR count). The molecule has 3 saturated heterocycles. The van der Waals surface area contributed by atoms with Gasteiger partial charge in [0.2, 0.25) is 11.8 Å². The summed E-state index contributed by atoms with van der Waals surface area (Å²) in [5.74, 6) is 0.169. The molecule has 1 N–H and O–H groups in total. The minimum Gasteiger partial charge on any atom is -0.364 e. The summed E-state index contributed by atoms with van der Waals surface area (Å²) >= 11 is 0. The standard InChI is InChI=1S/C27H28N4O2/c1-4-13-27-15-21-22(32)30-20(14-26(2)16-9-5-7-11-18(16)28-24(26)30)23(33)31(21)25(27)29(3)19-12-8-6-10-17(19)27/h4-12,20-21,24-25,28H,1,13-15H2,2-3H3/t20-,21-,24+,25-,26+,27-/m1/s1. The quantitative estimate of drug-likeness (QED) is 0.729. The van der Waals surface area contributed by atoms with Gasteiger partial charge in [0.15, 0.2) is 0 Å². The fourth-order valence-corrected chi connectivity index (χ4v) is 7.83. The second-order valence-electron chi connectivity index (χ2n) is 10.6. The maximum Gasteiger partial charge on any atom is 0.247 e. The molecule has 5 heterocycles. The summed E-state index contributed by atoms with van der Waals surface area (Å²) < 4.78 is 0. The Labute approximate surface area is 193 Å². The fourth-order valence-electron chi connectivity index (χ4n) is 7.83. The van der Waals surface area contributed by atoms with Gasteiger partial charge in [0, 0.05) is 29.3 Å². The van der Waals surface area contributed by atoms with Crippen LogP contribution in [0.2, 0.25) is 0 Å². The van der Waals surface area contributed by atoms with E-state index >= 15 is 0 Å². The smallest absolute Gasteiger partial charge is 0.247 e. The number of likely N-dealkylation sites (N-methyl/N-ethyl adjacent to an activating group) is 1. The Bertz CT molecular complexity index is 1240. The van der Waals surface area contributed by atoms with Gasteiger partial charge in [-0.3, -0.25) is 9.59 Å². The summed E-state index contributed by atoms with van der Waals surface area (Å²) in [6.45, 7) is 6.23. The predicted molar refractivity (Wildman–Crippen MR) is 127 cm³/mol. The summed E-state index contributed by atoms with van der Waals surface area (Å²) in [6, 6.07) is 15.8. The lowest BCUT2D eigenvalue weighted by atomic mass is 9.75. The summed E-state index contributed by atoms with van der Waals surface area (Å²) in [5.41, 5.74) is 4.08. The number of rotatable bonds is 2. The first kappa shape index (κ1) is 19.2. The average molecular weight is 441 g/mol. The Morgan fingerprint density at radius 3 is 2.45 bits per heavy atom. The number of fused-ring (bicyclic) bond motifs is 10. The van der Waals surface area contributed by atoms with E-state index in [1.165, 1.54) is 11.1 Å². The highest BCUT2D eigenvalue weighted by Gasteiger charge is 2.69. The van der Waals surface area contributed by atoms with E-state index in [0.29, 0.717) is 12.8 Å². The van der Waals surface area contributed by atoms with Gasteiger partial charge in [-0.1, -0.05) is 49.4 Å². The number of anilines is 2. The Hall–Kier alpha value is -3.28. The van der Waals surface area contributed by atoms with Crippen molar-refractivity contribution in [3.63, 3.8) is 0 Å². The highest BCUT2D eigenvalue weighted by molar-refractivity contribution is 6.00. The molecule has 0 aromatic heterocycles. The number of amides is 2. The van der Waals surface area contributed by atoms with Crippen LogP contribution in [0.5, 0.6) is 0 Å². The van der Waals surface area contributed by atoms with Gasteiger partial charge in [0.1, 0.15) is 24.4 Å². The third-order valence-electron chi connectivity index (χ3n) is 9.10. The Morgan fingerprint density at radius 1 is 1.00 bits per heavy atom. The van der Waals surface area contributed by atoms with Crippen LogP contribution in [-0.4, -0.2) is 53.1 Å². The van der Waals surface area contributed by atoms with Crippen molar-refractivity contribution in [1.29, 1.82) is 0 Å². The average Bonchev–Trinajstić information content (AvgIpc) is 3.47. The minimum atomic E-state index is -0.442. The first-order valence-corrected chi connectivity index (χ1v) is 11.9. The highest BCUT2D eigenvalue weighted by atomic mass is 16.2. The number of nitrogens with one attached hydrogen (secondary N) is 1. The van der Waals surface area contributed by atoms with Crippen molar-refractivity contribution in [2.75, 3.05) is 17.3 Å². The van der Waals surface area contributed by atoms with Gasteiger partial charge in [-0.25, -0.2) is 0 Å². The Balaban J connectivity index is 1.34. The van der Waals surface area contributed by atoms with Gasteiger partial charge in [0.25, 0.3) is 0 Å². The van der Waals surface area contributed by atoms with Gasteiger partial charge in [0.05, 0.1) is 0 Å². The lowest BCUT2D eigenvalue weighted by Gasteiger charge is -2.44. The molecule has 0 unspecified atom stereocenters. The van der Waals surface area contributed by atoms with Crippen molar-refractivity contribution >= 4 is 23.2 Å². The van der Waals surface area contributed by atoms with Crippen molar-refractivity contribution < 1.29 is 9.59 Å². The van der Waals surface area contributed by atoms with Crippen LogP contribution >= 0.6 is 0 Å². The van der Waals surface area contributed by atoms with Crippen molar-refractivity contribution in [1.82, 2.24) is 9.80 Å². The molecule has 6 heteroatoms. The lowest BCUT2D eigenvalue weighted by Crippen LogP contribution is -2.66. The minimum absolute atomic E-state index is 0.0809. The number of hydrogen-bond donors (Lipinski definition) is 1. The maximum absolute atomic E-state index is 14.2. The zero-order chi connectivity index (χ0) is 22.7. The van der Waals surface area contributed by atoms with Crippen LogP contribution in [0.15, 0.2) is 61.2 Å². The largest absolute Gasteiger partial charge is 0.364 e. The molecular weight excluding hydrogens is 412 g/mol. The number of benzene rings is 2. The zero-order valence-corrected chi connectivity index (χ0v) is 19.0. The summed E-state index contributed by atoms with van der Waals surface area (Å²) in [4.78, 5) is 34.3. The second kappa shape index (κ2) is 5.99. The van der Waals surface area contributed by atoms with E-state index in [4.69, 9.17) is 0 Å². The molecule has 5 aliphatic rings. The topological polar surface area (TPSA) is 55.9 Å². The molecule has 5 aliphatic heterocycles. The van der Waals surface area contributed by atoms with Crippen LogP contribution in [0.4, 0.5) is 11.4 Å². The first-order chi connectivity index (χ1) is 15.9. The molecular formula is C27H28N4O2. The van der Waals surface area contributed by atoms with E-state index in [1.54, 1.807) is 0 Å². The predicted octanol–water partition coefficient (Wildman–Crippen LogP) is 3.20. The van der Waals surface area contributed by atoms with Crippen LogP contribution in [0.3, 0.4) is 0 Å². The molecule has 0 radical (unpaired) electrons. The third-order valence-corrected chi connectivity index (χ3v) is 9.10. The molecule has 2 aromatic rings. The van der Waals surface area contributed by atoms with Crippen molar-refractivity contribution in [3.05, 3.63) is 72.3 Å². The third kappa shape index (κ3) is 2.02. The van der Waals surface area contributed by atoms with E-state index in [2.05, 4.69) is 61.1 Å². The number of piperazine rings is 1. The summed E-state index contributed by atoms with van der Waals surface area (Å²) in [7, 11) is 2.06. The molecule has 6 atom stereocenters. The normalized spacial score (nSPS) is 37.2. The number of para-hydroxylation sites is 2. The van der Waals surface area contributed by atoms with E-state index in [-0.39, 0.29) is 35.0 Å². The van der Waals surface area contributed by atoms with E-state index in [1.807, 2.05) is 34.1 Å². The van der Waals surface area contributed by atoms with Gasteiger partial charge in [-0.15, -0.1) is 6.58 Å². The molecule has 3 fully saturated rings. The number of carbonyl (C=O) groups excluding carboxylic acids is 2. The van der Waals surface area contributed by atoms with Crippen LogP contribution < -0.4 is 10.2 Å². The molecule has 2 aromatic carbocycles. The van der Waals surface area contributed by atoms with Crippen molar-refractivity contribution in [3.8, 4) is 0 Å². The van der Waals surface area contributed by atoms with Crippen LogP contribution in [0.1, 0.15) is 37.3 Å². The molecule has 2 amide bonds. The van der Waals surface area contributed by atoms with E-state index in [0.717, 1.165) is 17.8 Å². The second-order valence-corrected chi connectivity index (χ2v) is 10.6. The maximum atomic E-state index is 14.2. The molecule has 33 heavy (non-hydrogen) atoms. The monoisotopic (exact) mass is 440 g/mol. The Morgan fingerprint density at radius 2 is 1.67 bits per heavy atom. The van der Waals surface area contributed by atoms with E-state index < -0.39 is 12.1 Å². The van der Waals surface area contributed by atoms with Gasteiger partial charge >= 0.3 is 0 Å². The molecule has 168 valence electrons. The molecule has 0 bridgehead atoms. The molecule has 6 nitrogen and oxygen atoms in total. The first-order valence-electron chi connectivity index (χ1n) is 11.9. The summed E-state index contributed by atoms with van der Waals surface area (Å²) in [6.07, 6.45) is 3.62. The lowest BCUT2D eigenvalue weighted by molar-refractivity contribution is -0.160. The number of carbonyl (C=O) groups is 2. The number of nitrogens with zero attached hydrogens (tertiary/aromatic N) is 3. The van der Waals surface area contributed by atoms with E-state index in [9.17, 15) is 9.59 Å². The fraction of sp³-hybridized carbons (Fsp3) is 0.407. The SMILES string of the molecule is C=CC[C@]12C[C@@H]3C(=O)N4[C@H](C[C@@]5(C)c6ccccc6N[C@@H]45)C(=O)N3[C@H]1N(C)c1ccccc12. The molecule has 0 spiro atoms. The summed E-state index contributed by atoms with van der Waals surface area (Å²) in [5, 5.41) is 3.58. The van der Waals surface area contributed by atoms with Crippen LogP contribution in [-0.2, 0) is 20.4 Å². The zero-order valence-electron chi connectivity index (χ0n) is 19.0. The van der Waals surface area contributed by atoms with Crippen molar-refractivity contribution in [2.24, 2.45) is 0 Å². The van der Waals surface area contributed by atoms with Crippen molar-refractivity contribution in [2.45, 2.75) is 61.4 Å². The number of hydrogen-bond acceptors (Lipinski definition) is 4. The highest BCUT2D eigenvalue weighted by Crippen LogP contribution is 2.59. The number of allylic oxidation sites excluding steroid dienone is 1. The molecule has 0 saturated carbocycles. The van der Waals surface area contributed by atoms with Crippen LogP contribution in [0.25, 0.3) is 0 Å². The van der Waals surface area contributed by atoms with Gasteiger partial charge < -0.3 is 20.0 Å². The van der Waals surface area contributed by atoms with Crippen LogP contribution in [0, 0.1) is 0 Å². The van der Waals surface area contributed by atoms with Gasteiger partial charge in [-0.2, -0.15) is 0 Å². The van der Waals surface area contributed by atoms with Gasteiger partial charge in [-0.05, 0) is 42.5 Å². The molecule has 0 aliphatic carbocycles. The Kier molecular flexibility index (Phi) is 3.48.